The number of nitrogens with zero attached hydrogens (tertiary/aromatic N) is 2. The Kier molecular flexibility index (Phi) is 5.66. The lowest BCUT2D eigenvalue weighted by Crippen LogP contribution is -2.39. The Bertz CT molecular complexity index is 873. The van der Waals surface area contributed by atoms with Crippen molar-refractivity contribution in [3.8, 4) is 0 Å². The largest absolute Gasteiger partial charge is 0.362 e. The maximum Gasteiger partial charge on any atom is 0.278 e. The summed E-state index contributed by atoms with van der Waals surface area (Å²) in [5, 5.41) is 0.593. The number of hydrogen-bond donors (Lipinski definition) is 0. The van der Waals surface area contributed by atoms with Gasteiger partial charge in [0, 0.05) is 24.2 Å². The number of rotatable bonds is 6. The van der Waals surface area contributed by atoms with Crippen LogP contribution in [0.4, 0.5) is 0 Å². The third-order valence-corrected chi connectivity index (χ3v) is 4.91. The number of imide groups is 1. The fraction of sp³-hybridized carbons (Fsp3) is 0.273. The normalized spacial score (nSPS) is 14.5. The van der Waals surface area contributed by atoms with Crippen LogP contribution in [0.3, 0.4) is 0 Å². The molecule has 0 unspecified atom stereocenters. The van der Waals surface area contributed by atoms with Gasteiger partial charge >= 0.3 is 0 Å². The summed E-state index contributed by atoms with van der Waals surface area (Å²) in [6, 6.07) is 16.8. The molecular formula is C22H23ClN2O2. The predicted octanol–water partition coefficient (Wildman–Crippen LogP) is 4.35. The molecule has 0 aromatic heterocycles. The van der Waals surface area contributed by atoms with Crippen LogP contribution < -0.4 is 0 Å². The van der Waals surface area contributed by atoms with E-state index in [4.69, 9.17) is 11.6 Å². The van der Waals surface area contributed by atoms with Crippen molar-refractivity contribution in [2.24, 2.45) is 0 Å². The van der Waals surface area contributed by atoms with Gasteiger partial charge < -0.3 is 4.90 Å². The van der Waals surface area contributed by atoms with Crippen molar-refractivity contribution in [3.05, 3.63) is 76.4 Å². The number of carbonyl (C=O) groups excluding carboxylic acids is 2. The van der Waals surface area contributed by atoms with Crippen LogP contribution in [-0.4, -0.2) is 34.2 Å². The summed E-state index contributed by atoms with van der Waals surface area (Å²) in [5.41, 5.74) is 2.71. The molecule has 3 rings (SSSR count). The molecule has 0 aliphatic carbocycles. The molecule has 4 nitrogen and oxygen atoms in total. The topological polar surface area (TPSA) is 40.6 Å². The SMILES string of the molecule is CCN(Cc1ccccc1)C1=C(c2ccc(Cl)cc2)C(=O)N(C(C)C)C1=O. The monoisotopic (exact) mass is 382 g/mol. The molecule has 140 valence electrons. The van der Waals surface area contributed by atoms with Crippen molar-refractivity contribution in [1.29, 1.82) is 0 Å². The predicted molar refractivity (Wildman–Crippen MR) is 108 cm³/mol. The summed E-state index contributed by atoms with van der Waals surface area (Å²) in [5.74, 6) is -0.489. The van der Waals surface area contributed by atoms with Crippen molar-refractivity contribution < 1.29 is 9.59 Å². The molecule has 5 heteroatoms. The summed E-state index contributed by atoms with van der Waals surface area (Å²) in [7, 11) is 0. The van der Waals surface area contributed by atoms with E-state index in [-0.39, 0.29) is 17.9 Å². The average molecular weight is 383 g/mol. The third-order valence-electron chi connectivity index (χ3n) is 4.65. The number of amides is 2. The van der Waals surface area contributed by atoms with E-state index >= 15 is 0 Å². The van der Waals surface area contributed by atoms with Gasteiger partial charge in [0.05, 0.1) is 5.57 Å². The second kappa shape index (κ2) is 7.97. The maximum atomic E-state index is 13.2. The van der Waals surface area contributed by atoms with E-state index < -0.39 is 0 Å². The number of hydrogen-bond acceptors (Lipinski definition) is 3. The van der Waals surface area contributed by atoms with Crippen LogP contribution in [0.5, 0.6) is 0 Å². The Morgan fingerprint density at radius 2 is 1.59 bits per heavy atom. The van der Waals surface area contributed by atoms with Gasteiger partial charge in [0.25, 0.3) is 11.8 Å². The second-order valence-corrected chi connectivity index (χ2v) is 7.24. The second-order valence-electron chi connectivity index (χ2n) is 6.80. The first-order valence-corrected chi connectivity index (χ1v) is 9.48. The number of likely N-dealkylation sites (N-methyl/N-ethyl adjacent to an activating group) is 1. The highest BCUT2D eigenvalue weighted by molar-refractivity contribution is 6.36. The first-order chi connectivity index (χ1) is 12.9. The summed E-state index contributed by atoms with van der Waals surface area (Å²) in [6.07, 6.45) is 0. The van der Waals surface area contributed by atoms with Crippen LogP contribution in [0.15, 0.2) is 60.3 Å². The first kappa shape index (κ1) is 19.2. The van der Waals surface area contributed by atoms with Gasteiger partial charge in [0.1, 0.15) is 5.70 Å². The van der Waals surface area contributed by atoms with E-state index in [1.54, 1.807) is 24.3 Å². The fourth-order valence-electron chi connectivity index (χ4n) is 3.33. The van der Waals surface area contributed by atoms with E-state index in [1.165, 1.54) is 4.90 Å². The number of carbonyl (C=O) groups is 2. The van der Waals surface area contributed by atoms with Crippen molar-refractivity contribution in [2.45, 2.75) is 33.4 Å². The third kappa shape index (κ3) is 3.76. The number of benzene rings is 2. The molecule has 0 atom stereocenters. The number of halogens is 1. The Morgan fingerprint density at radius 1 is 0.963 bits per heavy atom. The zero-order valence-electron chi connectivity index (χ0n) is 15.8. The molecule has 0 saturated carbocycles. The molecule has 2 amide bonds. The van der Waals surface area contributed by atoms with Crippen molar-refractivity contribution in [1.82, 2.24) is 9.80 Å². The van der Waals surface area contributed by atoms with Crippen LogP contribution in [0.1, 0.15) is 31.9 Å². The van der Waals surface area contributed by atoms with E-state index in [0.29, 0.717) is 34.9 Å². The van der Waals surface area contributed by atoms with Gasteiger partial charge in [0.2, 0.25) is 0 Å². The average Bonchev–Trinajstić information content (AvgIpc) is 2.92. The van der Waals surface area contributed by atoms with Gasteiger partial charge in [-0.15, -0.1) is 0 Å². The zero-order chi connectivity index (χ0) is 19.6. The van der Waals surface area contributed by atoms with Crippen LogP contribution in [0, 0.1) is 0 Å². The minimum atomic E-state index is -0.251. The van der Waals surface area contributed by atoms with Crippen LogP contribution in [0.2, 0.25) is 5.02 Å². The lowest BCUT2D eigenvalue weighted by atomic mass is 10.0. The molecule has 0 radical (unpaired) electrons. The van der Waals surface area contributed by atoms with E-state index in [1.807, 2.05) is 56.0 Å². The fourth-order valence-corrected chi connectivity index (χ4v) is 3.45. The Morgan fingerprint density at radius 3 is 2.15 bits per heavy atom. The van der Waals surface area contributed by atoms with E-state index in [2.05, 4.69) is 0 Å². The molecule has 1 heterocycles. The standard InChI is InChI=1S/C22H23ClN2O2/c1-4-24(14-16-8-6-5-7-9-16)20-19(17-10-12-18(23)13-11-17)21(26)25(15(2)3)22(20)27/h5-13,15H,4,14H2,1-3H3. The van der Waals surface area contributed by atoms with Crippen LogP contribution >= 0.6 is 11.6 Å². The Balaban J connectivity index is 2.10. The van der Waals surface area contributed by atoms with Crippen LogP contribution in [-0.2, 0) is 16.1 Å². The molecule has 0 spiro atoms. The highest BCUT2D eigenvalue weighted by atomic mass is 35.5. The molecule has 1 aliphatic rings. The summed E-state index contributed by atoms with van der Waals surface area (Å²) in [4.78, 5) is 29.6. The molecule has 1 aliphatic heterocycles. The van der Waals surface area contributed by atoms with Gasteiger partial charge in [-0.3, -0.25) is 14.5 Å². The Labute approximate surface area is 165 Å². The summed E-state index contributed by atoms with van der Waals surface area (Å²) < 4.78 is 0. The molecule has 0 saturated heterocycles. The Hall–Kier alpha value is -2.59. The molecule has 0 fully saturated rings. The van der Waals surface area contributed by atoms with E-state index in [9.17, 15) is 9.59 Å². The van der Waals surface area contributed by atoms with Gasteiger partial charge in [-0.25, -0.2) is 0 Å². The zero-order valence-corrected chi connectivity index (χ0v) is 16.5. The smallest absolute Gasteiger partial charge is 0.278 e. The quantitative estimate of drug-likeness (QED) is 0.697. The van der Waals surface area contributed by atoms with Gasteiger partial charge in [-0.1, -0.05) is 54.1 Å². The van der Waals surface area contributed by atoms with Gasteiger partial charge in [-0.2, -0.15) is 0 Å². The molecule has 2 aromatic rings. The van der Waals surface area contributed by atoms with Crippen LogP contribution in [0.25, 0.3) is 5.57 Å². The minimum absolute atomic E-state index is 0.208. The van der Waals surface area contributed by atoms with Gasteiger partial charge in [-0.05, 0) is 44.0 Å². The highest BCUT2D eigenvalue weighted by Crippen LogP contribution is 2.34. The molecule has 0 N–H and O–H groups in total. The van der Waals surface area contributed by atoms with Crippen molar-refractivity contribution >= 4 is 29.0 Å². The maximum absolute atomic E-state index is 13.2. The first-order valence-electron chi connectivity index (χ1n) is 9.11. The lowest BCUT2D eigenvalue weighted by molar-refractivity contribution is -0.139. The molecule has 0 bridgehead atoms. The minimum Gasteiger partial charge on any atom is -0.362 e. The molecule has 2 aromatic carbocycles. The highest BCUT2D eigenvalue weighted by Gasteiger charge is 2.42. The summed E-state index contributed by atoms with van der Waals surface area (Å²) in [6.45, 7) is 6.88. The van der Waals surface area contributed by atoms with E-state index in [0.717, 1.165) is 5.56 Å². The lowest BCUT2D eigenvalue weighted by Gasteiger charge is -2.25. The molecular weight excluding hydrogens is 360 g/mol. The van der Waals surface area contributed by atoms with Crippen molar-refractivity contribution in [2.75, 3.05) is 6.54 Å². The van der Waals surface area contributed by atoms with Crippen molar-refractivity contribution in [3.63, 3.8) is 0 Å². The van der Waals surface area contributed by atoms with Gasteiger partial charge in [0.15, 0.2) is 0 Å². The summed E-state index contributed by atoms with van der Waals surface area (Å²) >= 11 is 6.01. The molecule has 27 heavy (non-hydrogen) atoms.